The van der Waals surface area contributed by atoms with Crippen molar-refractivity contribution < 1.29 is 13.6 Å². The van der Waals surface area contributed by atoms with Gasteiger partial charge in [-0.15, -0.1) is 11.3 Å². The number of amides is 2. The molecule has 2 atom stereocenters. The van der Waals surface area contributed by atoms with Crippen molar-refractivity contribution in [3.8, 4) is 0 Å². The largest absolute Gasteiger partial charge is 0.338 e. The van der Waals surface area contributed by atoms with Gasteiger partial charge in [0, 0.05) is 40.8 Å². The van der Waals surface area contributed by atoms with Crippen LogP contribution in [0.3, 0.4) is 0 Å². The molecule has 0 aromatic carbocycles. The normalized spacial score (nSPS) is 20.3. The van der Waals surface area contributed by atoms with Gasteiger partial charge in [0.05, 0.1) is 0 Å². The van der Waals surface area contributed by atoms with Gasteiger partial charge >= 0.3 is 6.03 Å². The molecule has 3 rings (SSSR count). The Balaban J connectivity index is 1.79. The molecule has 0 radical (unpaired) electrons. The highest BCUT2D eigenvalue weighted by atomic mass is 32.1. The van der Waals surface area contributed by atoms with Crippen LogP contribution in [-0.2, 0) is 12.0 Å². The molecule has 2 aromatic rings. The number of nitrogens with zero attached hydrogens (tertiary/aromatic N) is 2. The molecule has 1 aliphatic heterocycles. The molecule has 8 heteroatoms. The van der Waals surface area contributed by atoms with Gasteiger partial charge in [0.1, 0.15) is 0 Å². The number of carbonyl (C=O) groups excluding carboxylic acids is 1. The van der Waals surface area contributed by atoms with Crippen molar-refractivity contribution in [3.05, 3.63) is 51.7 Å². The number of rotatable bonds is 9. The Hall–Kier alpha value is -2.06. The van der Waals surface area contributed by atoms with E-state index in [0.29, 0.717) is 38.9 Å². The zero-order chi connectivity index (χ0) is 23.4. The van der Waals surface area contributed by atoms with Crippen LogP contribution in [0.2, 0.25) is 0 Å². The first-order valence-corrected chi connectivity index (χ1v) is 12.1. The fraction of sp³-hybridized carbons (Fsp3) is 0.583. The molecule has 1 aliphatic rings. The van der Waals surface area contributed by atoms with E-state index in [1.807, 2.05) is 26.1 Å². The molecule has 3 heterocycles. The lowest BCUT2D eigenvalue weighted by molar-refractivity contribution is 0.0582. The van der Waals surface area contributed by atoms with Crippen LogP contribution in [0.1, 0.15) is 56.2 Å². The van der Waals surface area contributed by atoms with Gasteiger partial charge in [-0.3, -0.25) is 9.88 Å². The molecule has 5 nitrogen and oxygen atoms in total. The number of pyridine rings is 1. The Morgan fingerprint density at radius 1 is 1.34 bits per heavy atom. The van der Waals surface area contributed by atoms with E-state index in [1.54, 1.807) is 6.07 Å². The molecule has 0 bridgehead atoms. The van der Waals surface area contributed by atoms with Gasteiger partial charge in [-0.05, 0) is 76.8 Å². The Bertz CT molecular complexity index is 902. The Morgan fingerprint density at radius 3 is 2.75 bits per heavy atom. The second-order valence-electron chi connectivity index (χ2n) is 9.25. The lowest BCUT2D eigenvalue weighted by atomic mass is 9.80. The number of urea groups is 1. The number of alkyl halides is 1. The van der Waals surface area contributed by atoms with Gasteiger partial charge in [-0.25, -0.2) is 9.18 Å². The van der Waals surface area contributed by atoms with Crippen molar-refractivity contribution in [3.63, 3.8) is 0 Å². The summed E-state index contributed by atoms with van der Waals surface area (Å²) in [5.74, 6) is 0. The van der Waals surface area contributed by atoms with E-state index < -0.39 is 17.7 Å². The number of carbonyl (C=O) groups is 1. The SMILES string of the molecule is CCCNC(=O)N[C@@H](F)C1(CCc2ccc(F)s2)CCN(C(C)(C)c2ccc(C)nc2)C1. The highest BCUT2D eigenvalue weighted by molar-refractivity contribution is 7.10. The Morgan fingerprint density at radius 2 is 2.12 bits per heavy atom. The van der Waals surface area contributed by atoms with Crippen molar-refractivity contribution in [2.45, 2.75) is 65.2 Å². The summed E-state index contributed by atoms with van der Waals surface area (Å²) < 4.78 is 29.2. The average molecular weight is 465 g/mol. The number of hydrogen-bond acceptors (Lipinski definition) is 4. The van der Waals surface area contributed by atoms with Crippen LogP contribution in [0.5, 0.6) is 0 Å². The van der Waals surface area contributed by atoms with Crippen molar-refractivity contribution in [2.75, 3.05) is 19.6 Å². The summed E-state index contributed by atoms with van der Waals surface area (Å²) in [6, 6.07) is 6.78. The van der Waals surface area contributed by atoms with Gasteiger partial charge in [0.2, 0.25) is 0 Å². The minimum absolute atomic E-state index is 0.232. The molecular weight excluding hydrogens is 430 g/mol. The maximum Gasteiger partial charge on any atom is 0.317 e. The standard InChI is InChI=1S/C24H34F2N4OS/c1-5-13-27-22(31)29-21(26)24(11-10-19-8-9-20(25)32-19)12-14-30(16-24)23(3,4)18-7-6-17(2)28-15-18/h6-9,15,21H,5,10-14,16H2,1-4H3,(H2,27,29,31)/t21-,24?/m1/s1. The average Bonchev–Trinajstić information content (AvgIpc) is 3.38. The van der Waals surface area contributed by atoms with Crippen LogP contribution in [0.25, 0.3) is 0 Å². The van der Waals surface area contributed by atoms with Crippen molar-refractivity contribution >= 4 is 17.4 Å². The summed E-state index contributed by atoms with van der Waals surface area (Å²) in [7, 11) is 0. The second kappa shape index (κ2) is 10.3. The van der Waals surface area contributed by atoms with Crippen molar-refractivity contribution in [2.24, 2.45) is 5.41 Å². The van der Waals surface area contributed by atoms with E-state index in [0.717, 1.165) is 33.9 Å². The number of aryl methyl sites for hydroxylation is 2. The Labute approximate surface area is 193 Å². The fourth-order valence-corrected chi connectivity index (χ4v) is 5.07. The molecule has 1 fully saturated rings. The molecule has 32 heavy (non-hydrogen) atoms. The number of aromatic nitrogens is 1. The van der Waals surface area contributed by atoms with E-state index in [4.69, 9.17) is 0 Å². The molecule has 2 amide bonds. The lowest BCUT2D eigenvalue weighted by Crippen LogP contribution is -2.51. The number of likely N-dealkylation sites (tertiary alicyclic amines) is 1. The molecule has 176 valence electrons. The number of thiophene rings is 1. The van der Waals surface area contributed by atoms with Crippen LogP contribution >= 0.6 is 11.3 Å². The highest BCUT2D eigenvalue weighted by Gasteiger charge is 2.49. The van der Waals surface area contributed by atoms with Gasteiger partial charge in [0.25, 0.3) is 0 Å². The predicted molar refractivity (Wildman–Crippen MR) is 125 cm³/mol. The molecule has 0 saturated carbocycles. The van der Waals surface area contributed by atoms with Gasteiger partial charge < -0.3 is 10.6 Å². The highest BCUT2D eigenvalue weighted by Crippen LogP contribution is 2.44. The zero-order valence-electron chi connectivity index (χ0n) is 19.4. The lowest BCUT2D eigenvalue weighted by Gasteiger charge is -2.39. The first kappa shape index (κ1) is 24.6. The number of halogens is 2. The van der Waals surface area contributed by atoms with Crippen molar-refractivity contribution in [1.82, 2.24) is 20.5 Å². The summed E-state index contributed by atoms with van der Waals surface area (Å²) in [5.41, 5.74) is 0.944. The van der Waals surface area contributed by atoms with Crippen LogP contribution < -0.4 is 10.6 Å². The first-order chi connectivity index (χ1) is 15.2. The molecule has 1 unspecified atom stereocenters. The third kappa shape index (κ3) is 5.64. The predicted octanol–water partition coefficient (Wildman–Crippen LogP) is 5.16. The summed E-state index contributed by atoms with van der Waals surface area (Å²) in [4.78, 5) is 19.8. The van der Waals surface area contributed by atoms with Crippen LogP contribution in [0.15, 0.2) is 30.5 Å². The van der Waals surface area contributed by atoms with Gasteiger partial charge in [-0.2, -0.15) is 4.39 Å². The molecular formula is C24H34F2N4OS. The van der Waals surface area contributed by atoms with E-state index in [9.17, 15) is 9.18 Å². The summed E-state index contributed by atoms with van der Waals surface area (Å²) >= 11 is 1.10. The molecule has 1 saturated heterocycles. The van der Waals surface area contributed by atoms with Crippen molar-refractivity contribution in [1.29, 1.82) is 0 Å². The Kier molecular flexibility index (Phi) is 7.88. The van der Waals surface area contributed by atoms with Gasteiger partial charge in [-0.1, -0.05) is 13.0 Å². The van der Waals surface area contributed by atoms with E-state index in [-0.39, 0.29) is 10.7 Å². The molecule has 2 aromatic heterocycles. The number of nitrogens with one attached hydrogen (secondary N) is 2. The van der Waals surface area contributed by atoms with Gasteiger partial charge in [0.15, 0.2) is 11.4 Å². The maximum atomic E-state index is 15.7. The molecule has 0 aliphatic carbocycles. The summed E-state index contributed by atoms with van der Waals surface area (Å²) in [6.45, 7) is 9.85. The first-order valence-electron chi connectivity index (χ1n) is 11.3. The molecule has 0 spiro atoms. The zero-order valence-corrected chi connectivity index (χ0v) is 20.2. The summed E-state index contributed by atoms with van der Waals surface area (Å²) in [6.07, 6.45) is 2.88. The molecule has 2 N–H and O–H groups in total. The topological polar surface area (TPSA) is 57.3 Å². The third-order valence-corrected chi connectivity index (χ3v) is 7.56. The maximum absolute atomic E-state index is 15.7. The number of hydrogen-bond donors (Lipinski definition) is 2. The third-order valence-electron chi connectivity index (χ3n) is 6.62. The van der Waals surface area contributed by atoms with Crippen LogP contribution in [-0.4, -0.2) is 41.8 Å². The summed E-state index contributed by atoms with van der Waals surface area (Å²) in [5, 5.41) is 4.99. The smallest absolute Gasteiger partial charge is 0.317 e. The van der Waals surface area contributed by atoms with E-state index >= 15 is 4.39 Å². The van der Waals surface area contributed by atoms with E-state index in [2.05, 4.69) is 40.4 Å². The second-order valence-corrected chi connectivity index (χ2v) is 10.4. The van der Waals surface area contributed by atoms with Crippen LogP contribution in [0.4, 0.5) is 13.6 Å². The minimum Gasteiger partial charge on any atom is -0.338 e. The monoisotopic (exact) mass is 464 g/mol. The van der Waals surface area contributed by atoms with E-state index in [1.165, 1.54) is 6.07 Å². The minimum atomic E-state index is -1.50. The fourth-order valence-electron chi connectivity index (χ4n) is 4.34. The van der Waals surface area contributed by atoms with Crippen LogP contribution in [0, 0.1) is 17.5 Å². The quantitative estimate of drug-likeness (QED) is 0.504.